The van der Waals surface area contributed by atoms with Crippen molar-refractivity contribution in [3.05, 3.63) is 11.9 Å². The number of nitrogens with zero attached hydrogens (tertiary/aromatic N) is 3. The smallest absolute Gasteiger partial charge is 0.0827 e. The fourth-order valence-electron chi connectivity index (χ4n) is 2.44. The van der Waals surface area contributed by atoms with Crippen LogP contribution in [0.4, 0.5) is 0 Å². The van der Waals surface area contributed by atoms with Crippen LogP contribution in [0.1, 0.15) is 37.8 Å². The van der Waals surface area contributed by atoms with Crippen molar-refractivity contribution in [3.63, 3.8) is 0 Å². The van der Waals surface area contributed by atoms with Gasteiger partial charge in [0.05, 0.1) is 12.2 Å². The third-order valence-corrected chi connectivity index (χ3v) is 3.46. The molecule has 2 rings (SSSR count). The van der Waals surface area contributed by atoms with Gasteiger partial charge in [0, 0.05) is 12.7 Å². The third-order valence-electron chi connectivity index (χ3n) is 3.46. The normalized spacial score (nSPS) is 17.1. The van der Waals surface area contributed by atoms with E-state index in [0.29, 0.717) is 0 Å². The van der Waals surface area contributed by atoms with E-state index in [1.54, 1.807) is 0 Å². The maximum atomic E-state index is 4.22. The second-order valence-electron chi connectivity index (χ2n) is 4.77. The summed E-state index contributed by atoms with van der Waals surface area (Å²) < 4.78 is 1.93. The van der Waals surface area contributed by atoms with E-state index in [9.17, 15) is 0 Å². The average molecular weight is 222 g/mol. The number of aromatic nitrogens is 3. The van der Waals surface area contributed by atoms with Gasteiger partial charge in [0.2, 0.25) is 0 Å². The fraction of sp³-hybridized carbons (Fsp3) is 0.833. The molecule has 0 spiro atoms. The van der Waals surface area contributed by atoms with Gasteiger partial charge in [-0.3, -0.25) is 4.68 Å². The van der Waals surface area contributed by atoms with Crippen LogP contribution in [0.3, 0.4) is 0 Å². The quantitative estimate of drug-likeness (QED) is 0.795. The predicted molar refractivity (Wildman–Crippen MR) is 64.2 cm³/mol. The third kappa shape index (κ3) is 3.30. The zero-order valence-electron chi connectivity index (χ0n) is 10.2. The number of likely N-dealkylation sites (N-methyl/N-ethyl adjacent to an activating group) is 1. The first-order chi connectivity index (χ1) is 7.88. The maximum absolute atomic E-state index is 4.22. The van der Waals surface area contributed by atoms with E-state index in [1.807, 2.05) is 11.7 Å². The van der Waals surface area contributed by atoms with Crippen LogP contribution in [-0.2, 0) is 13.0 Å². The summed E-state index contributed by atoms with van der Waals surface area (Å²) in [4.78, 5) is 0. The molecule has 1 aliphatic rings. The first kappa shape index (κ1) is 11.6. The van der Waals surface area contributed by atoms with Gasteiger partial charge in [-0.2, -0.15) is 0 Å². The Bertz CT molecular complexity index is 302. The van der Waals surface area contributed by atoms with Crippen LogP contribution in [0.25, 0.3) is 0 Å². The van der Waals surface area contributed by atoms with Crippen LogP contribution in [0.2, 0.25) is 0 Å². The van der Waals surface area contributed by atoms with Crippen LogP contribution in [0.15, 0.2) is 6.20 Å². The highest BCUT2D eigenvalue weighted by atomic mass is 15.4. The zero-order chi connectivity index (χ0) is 11.2. The summed E-state index contributed by atoms with van der Waals surface area (Å²) >= 11 is 0. The Morgan fingerprint density at radius 1 is 1.44 bits per heavy atom. The number of rotatable bonds is 6. The summed E-state index contributed by atoms with van der Waals surface area (Å²) in [6, 6.07) is 0. The van der Waals surface area contributed by atoms with Gasteiger partial charge in [-0.1, -0.05) is 30.9 Å². The van der Waals surface area contributed by atoms with E-state index in [2.05, 4.69) is 21.8 Å². The average Bonchev–Trinajstić information content (AvgIpc) is 2.95. The van der Waals surface area contributed by atoms with Crippen LogP contribution in [0.5, 0.6) is 0 Å². The van der Waals surface area contributed by atoms with Crippen molar-refractivity contribution >= 4 is 0 Å². The van der Waals surface area contributed by atoms with Crippen molar-refractivity contribution in [1.29, 1.82) is 0 Å². The molecule has 1 aromatic heterocycles. The van der Waals surface area contributed by atoms with Gasteiger partial charge in [0.15, 0.2) is 0 Å². The summed E-state index contributed by atoms with van der Waals surface area (Å²) in [6.45, 7) is 1.86. The SMILES string of the molecule is CNCCn1cc(CCC2CCCC2)nn1. The Morgan fingerprint density at radius 3 is 3.00 bits per heavy atom. The van der Waals surface area contributed by atoms with Crippen LogP contribution in [-0.4, -0.2) is 28.6 Å². The Morgan fingerprint density at radius 2 is 2.25 bits per heavy atom. The monoisotopic (exact) mass is 222 g/mol. The summed E-state index contributed by atoms with van der Waals surface area (Å²) in [5.74, 6) is 0.947. The molecule has 0 unspecified atom stereocenters. The van der Waals surface area contributed by atoms with Crippen LogP contribution in [0, 0.1) is 5.92 Å². The minimum Gasteiger partial charge on any atom is -0.318 e. The molecule has 1 saturated carbocycles. The molecular weight excluding hydrogens is 200 g/mol. The van der Waals surface area contributed by atoms with Gasteiger partial charge in [-0.25, -0.2) is 0 Å². The highest BCUT2D eigenvalue weighted by Gasteiger charge is 2.15. The molecule has 4 nitrogen and oxygen atoms in total. The van der Waals surface area contributed by atoms with E-state index < -0.39 is 0 Å². The molecule has 4 heteroatoms. The summed E-state index contributed by atoms with van der Waals surface area (Å²) in [5, 5.41) is 11.5. The lowest BCUT2D eigenvalue weighted by molar-refractivity contribution is 0.500. The Balaban J connectivity index is 1.73. The van der Waals surface area contributed by atoms with E-state index in [0.717, 1.165) is 31.1 Å². The molecule has 0 bridgehead atoms. The van der Waals surface area contributed by atoms with Gasteiger partial charge in [0.1, 0.15) is 0 Å². The summed E-state index contributed by atoms with van der Waals surface area (Å²) in [5.41, 5.74) is 1.16. The predicted octanol–water partition coefficient (Wildman–Crippen LogP) is 1.62. The highest BCUT2D eigenvalue weighted by Crippen LogP contribution is 2.28. The molecule has 16 heavy (non-hydrogen) atoms. The van der Waals surface area contributed by atoms with E-state index >= 15 is 0 Å². The molecule has 0 radical (unpaired) electrons. The van der Waals surface area contributed by atoms with Crippen LogP contribution >= 0.6 is 0 Å². The maximum Gasteiger partial charge on any atom is 0.0827 e. The second-order valence-corrected chi connectivity index (χ2v) is 4.77. The molecule has 1 N–H and O–H groups in total. The number of nitrogens with one attached hydrogen (secondary N) is 1. The zero-order valence-corrected chi connectivity index (χ0v) is 10.2. The molecule has 90 valence electrons. The van der Waals surface area contributed by atoms with Gasteiger partial charge < -0.3 is 5.32 Å². The molecule has 1 aromatic rings. The van der Waals surface area contributed by atoms with Gasteiger partial charge in [-0.15, -0.1) is 5.10 Å². The lowest BCUT2D eigenvalue weighted by Crippen LogP contribution is -2.15. The number of hydrogen-bond donors (Lipinski definition) is 1. The first-order valence-corrected chi connectivity index (χ1v) is 6.42. The summed E-state index contributed by atoms with van der Waals surface area (Å²) in [6.07, 6.45) is 10.2. The van der Waals surface area contributed by atoms with Crippen molar-refractivity contribution in [2.75, 3.05) is 13.6 Å². The minimum atomic E-state index is 0.910. The standard InChI is InChI=1S/C12H22N4/c1-13-8-9-16-10-12(14-15-16)7-6-11-4-2-3-5-11/h10-11,13H,2-9H2,1H3. The van der Waals surface area contributed by atoms with Crippen molar-refractivity contribution in [2.45, 2.75) is 45.1 Å². The topological polar surface area (TPSA) is 42.7 Å². The fourth-order valence-corrected chi connectivity index (χ4v) is 2.44. The molecule has 1 aliphatic carbocycles. The molecule has 0 atom stereocenters. The molecule has 1 fully saturated rings. The van der Waals surface area contributed by atoms with Crippen molar-refractivity contribution < 1.29 is 0 Å². The molecule has 0 aliphatic heterocycles. The van der Waals surface area contributed by atoms with E-state index in [4.69, 9.17) is 0 Å². The lowest BCUT2D eigenvalue weighted by Gasteiger charge is -2.05. The first-order valence-electron chi connectivity index (χ1n) is 6.42. The summed E-state index contributed by atoms with van der Waals surface area (Å²) in [7, 11) is 1.96. The largest absolute Gasteiger partial charge is 0.318 e. The lowest BCUT2D eigenvalue weighted by atomic mass is 10.0. The molecule has 0 amide bonds. The van der Waals surface area contributed by atoms with Gasteiger partial charge >= 0.3 is 0 Å². The Labute approximate surface area is 97.4 Å². The van der Waals surface area contributed by atoms with E-state index in [1.165, 1.54) is 32.1 Å². The van der Waals surface area contributed by atoms with Crippen LogP contribution < -0.4 is 5.32 Å². The van der Waals surface area contributed by atoms with Crippen molar-refractivity contribution in [1.82, 2.24) is 20.3 Å². The highest BCUT2D eigenvalue weighted by molar-refractivity contribution is 4.93. The molecule has 1 heterocycles. The molecule has 0 saturated heterocycles. The minimum absolute atomic E-state index is 0.910. The molecular formula is C12H22N4. The van der Waals surface area contributed by atoms with E-state index in [-0.39, 0.29) is 0 Å². The van der Waals surface area contributed by atoms with Crippen molar-refractivity contribution in [3.8, 4) is 0 Å². The molecule has 0 aromatic carbocycles. The van der Waals surface area contributed by atoms with Crippen molar-refractivity contribution in [2.24, 2.45) is 5.92 Å². The number of aryl methyl sites for hydroxylation is 1. The Kier molecular flexibility index (Phi) is 4.34. The number of hydrogen-bond acceptors (Lipinski definition) is 3. The Hall–Kier alpha value is -0.900. The van der Waals surface area contributed by atoms with Gasteiger partial charge in [0.25, 0.3) is 0 Å². The van der Waals surface area contributed by atoms with Gasteiger partial charge in [-0.05, 0) is 25.8 Å². The second kappa shape index (κ2) is 5.99.